The van der Waals surface area contributed by atoms with Gasteiger partial charge in [-0.3, -0.25) is 0 Å². The van der Waals surface area contributed by atoms with Gasteiger partial charge in [0, 0.05) is 0 Å². The minimum atomic E-state index is 1.14. The molecular formula is C44H36. The Labute approximate surface area is 261 Å². The minimum Gasteiger partial charge on any atom is -0.0990 e. The van der Waals surface area contributed by atoms with Gasteiger partial charge in [0.25, 0.3) is 0 Å². The second kappa shape index (κ2) is 13.2. The highest BCUT2D eigenvalue weighted by atomic mass is 14.3. The van der Waals surface area contributed by atoms with Crippen LogP contribution in [0.1, 0.15) is 36.1 Å². The van der Waals surface area contributed by atoms with Crippen LogP contribution in [0.15, 0.2) is 182 Å². The summed E-state index contributed by atoms with van der Waals surface area (Å²) in [6.07, 6.45) is 8.47. The van der Waals surface area contributed by atoms with Crippen molar-refractivity contribution in [3.8, 4) is 22.3 Å². The molecule has 0 aliphatic heterocycles. The van der Waals surface area contributed by atoms with Gasteiger partial charge in [-0.25, -0.2) is 0 Å². The lowest BCUT2D eigenvalue weighted by atomic mass is 9.75. The van der Waals surface area contributed by atoms with E-state index in [4.69, 9.17) is 0 Å². The van der Waals surface area contributed by atoms with E-state index in [1.807, 2.05) is 6.08 Å². The molecule has 0 fully saturated rings. The molecule has 6 rings (SSSR count). The lowest BCUT2D eigenvalue weighted by molar-refractivity contribution is 1.43. The molecule has 0 heteroatoms. The molecule has 6 aromatic rings. The SMILES string of the molecule is C=C/C=C(\c1ccccc1)c1c(/C(=C(C)/C=C\C)c2ccccc2)c(-c2ccccc2)c2ccccc2c1-c1ccccc1. The zero-order valence-electron chi connectivity index (χ0n) is 25.4. The third kappa shape index (κ3) is 5.51. The predicted molar refractivity (Wildman–Crippen MR) is 191 cm³/mol. The Balaban J connectivity index is 1.96. The summed E-state index contributed by atoms with van der Waals surface area (Å²) in [5, 5.41) is 2.45. The van der Waals surface area contributed by atoms with Gasteiger partial charge in [-0.2, -0.15) is 0 Å². The second-order valence-corrected chi connectivity index (χ2v) is 10.9. The fraction of sp³-hybridized carbons (Fsp3) is 0.0455. The molecule has 0 heterocycles. The van der Waals surface area contributed by atoms with Crippen molar-refractivity contribution in [3.63, 3.8) is 0 Å². The molecule has 0 bridgehead atoms. The summed E-state index contributed by atoms with van der Waals surface area (Å²) in [6, 6.07) is 52.1. The Morgan fingerprint density at radius 1 is 0.523 bits per heavy atom. The minimum absolute atomic E-state index is 1.14. The maximum atomic E-state index is 4.19. The summed E-state index contributed by atoms with van der Waals surface area (Å²) in [6.45, 7) is 8.52. The van der Waals surface area contributed by atoms with Gasteiger partial charge < -0.3 is 0 Å². The fourth-order valence-corrected chi connectivity index (χ4v) is 6.33. The van der Waals surface area contributed by atoms with Crippen molar-refractivity contribution in [2.24, 2.45) is 0 Å². The van der Waals surface area contributed by atoms with Crippen LogP contribution in [0.2, 0.25) is 0 Å². The highest BCUT2D eigenvalue weighted by molar-refractivity contribution is 6.16. The van der Waals surface area contributed by atoms with Crippen LogP contribution in [0.3, 0.4) is 0 Å². The van der Waals surface area contributed by atoms with E-state index >= 15 is 0 Å². The molecule has 0 saturated heterocycles. The van der Waals surface area contributed by atoms with E-state index < -0.39 is 0 Å². The summed E-state index contributed by atoms with van der Waals surface area (Å²) in [5.41, 5.74) is 13.1. The number of hydrogen-bond acceptors (Lipinski definition) is 0. The van der Waals surface area contributed by atoms with Gasteiger partial charge in [0.05, 0.1) is 0 Å². The van der Waals surface area contributed by atoms with Crippen molar-refractivity contribution in [3.05, 3.63) is 204 Å². The van der Waals surface area contributed by atoms with Crippen molar-refractivity contribution >= 4 is 21.9 Å². The lowest BCUT2D eigenvalue weighted by Crippen LogP contribution is -2.06. The standard InChI is InChI=1S/C44H36/c1-4-20-32(3)40(34-24-12-7-13-25-34)44-42(36-28-16-9-17-29-36)39-31-19-18-30-38(39)41(35-26-14-8-15-27-35)43(44)37(21-5-2)33-22-10-6-11-23-33/h4-31H,2H2,1,3H3/b20-4-,37-21+,40-32+. The van der Waals surface area contributed by atoms with Gasteiger partial charge in [-0.05, 0) is 85.8 Å². The van der Waals surface area contributed by atoms with Crippen LogP contribution in [0.4, 0.5) is 0 Å². The van der Waals surface area contributed by atoms with Gasteiger partial charge in [-0.1, -0.05) is 176 Å². The first-order chi connectivity index (χ1) is 21.7. The number of fused-ring (bicyclic) bond motifs is 1. The number of allylic oxidation sites excluding steroid dienone is 5. The fourth-order valence-electron chi connectivity index (χ4n) is 6.33. The summed E-state index contributed by atoms with van der Waals surface area (Å²) < 4.78 is 0. The van der Waals surface area contributed by atoms with Gasteiger partial charge in [0.2, 0.25) is 0 Å². The first-order valence-corrected chi connectivity index (χ1v) is 15.2. The predicted octanol–water partition coefficient (Wildman–Crippen LogP) is 12.2. The van der Waals surface area contributed by atoms with Crippen LogP contribution in [-0.2, 0) is 0 Å². The molecular weight excluding hydrogens is 528 g/mol. The van der Waals surface area contributed by atoms with Gasteiger partial charge >= 0.3 is 0 Å². The van der Waals surface area contributed by atoms with Crippen molar-refractivity contribution < 1.29 is 0 Å². The van der Waals surface area contributed by atoms with Crippen LogP contribution in [0.25, 0.3) is 44.2 Å². The number of rotatable bonds is 8. The Bertz CT molecular complexity index is 1990. The Morgan fingerprint density at radius 2 is 0.955 bits per heavy atom. The topological polar surface area (TPSA) is 0 Å². The molecule has 6 aromatic carbocycles. The summed E-state index contributed by atoms with van der Waals surface area (Å²) in [5.74, 6) is 0. The van der Waals surface area contributed by atoms with Crippen molar-refractivity contribution in [2.75, 3.05) is 0 Å². The number of hydrogen-bond donors (Lipinski definition) is 0. The van der Waals surface area contributed by atoms with E-state index in [1.54, 1.807) is 0 Å². The summed E-state index contributed by atoms with van der Waals surface area (Å²) in [4.78, 5) is 0. The van der Waals surface area contributed by atoms with Gasteiger partial charge in [-0.15, -0.1) is 0 Å². The molecule has 0 radical (unpaired) electrons. The quantitative estimate of drug-likeness (QED) is 0.161. The lowest BCUT2D eigenvalue weighted by Gasteiger charge is -2.28. The Morgan fingerprint density at radius 3 is 1.43 bits per heavy atom. The molecule has 0 aromatic heterocycles. The average Bonchev–Trinajstić information content (AvgIpc) is 3.08. The molecule has 0 saturated carbocycles. The maximum Gasteiger partial charge on any atom is -0.000520 e. The molecule has 0 atom stereocenters. The Hall–Kier alpha value is -5.46. The highest BCUT2D eigenvalue weighted by Gasteiger charge is 2.27. The third-order valence-corrected chi connectivity index (χ3v) is 8.10. The largest absolute Gasteiger partial charge is 0.0990 e. The van der Waals surface area contributed by atoms with Crippen LogP contribution in [-0.4, -0.2) is 0 Å². The van der Waals surface area contributed by atoms with Crippen molar-refractivity contribution in [2.45, 2.75) is 13.8 Å². The monoisotopic (exact) mass is 564 g/mol. The highest BCUT2D eigenvalue weighted by Crippen LogP contribution is 2.50. The molecule has 0 nitrogen and oxygen atoms in total. The van der Waals surface area contributed by atoms with Crippen LogP contribution >= 0.6 is 0 Å². The molecule has 44 heavy (non-hydrogen) atoms. The molecule has 0 aliphatic carbocycles. The van der Waals surface area contributed by atoms with E-state index in [9.17, 15) is 0 Å². The van der Waals surface area contributed by atoms with Gasteiger partial charge in [0.15, 0.2) is 0 Å². The van der Waals surface area contributed by atoms with Gasteiger partial charge in [0.1, 0.15) is 0 Å². The smallest absolute Gasteiger partial charge is 0.000520 e. The van der Waals surface area contributed by atoms with E-state index in [1.165, 1.54) is 60.9 Å². The van der Waals surface area contributed by atoms with Crippen molar-refractivity contribution in [1.82, 2.24) is 0 Å². The number of benzene rings is 6. The first-order valence-electron chi connectivity index (χ1n) is 15.2. The van der Waals surface area contributed by atoms with Crippen LogP contribution in [0, 0.1) is 0 Å². The van der Waals surface area contributed by atoms with Crippen molar-refractivity contribution in [1.29, 1.82) is 0 Å². The normalized spacial score (nSPS) is 12.4. The second-order valence-electron chi connectivity index (χ2n) is 10.9. The average molecular weight is 565 g/mol. The summed E-state index contributed by atoms with van der Waals surface area (Å²) in [7, 11) is 0. The zero-order valence-corrected chi connectivity index (χ0v) is 25.4. The van der Waals surface area contributed by atoms with Crippen LogP contribution < -0.4 is 0 Å². The molecule has 0 amide bonds. The molecule has 0 aliphatic rings. The van der Waals surface area contributed by atoms with E-state index in [2.05, 4.69) is 184 Å². The molecule has 0 spiro atoms. The molecule has 0 N–H and O–H groups in total. The van der Waals surface area contributed by atoms with E-state index in [0.717, 1.165) is 11.1 Å². The van der Waals surface area contributed by atoms with E-state index in [-0.39, 0.29) is 0 Å². The molecule has 0 unspecified atom stereocenters. The first kappa shape index (κ1) is 28.6. The Kier molecular flexibility index (Phi) is 8.62. The zero-order chi connectivity index (χ0) is 30.3. The van der Waals surface area contributed by atoms with Crippen LogP contribution in [0.5, 0.6) is 0 Å². The summed E-state index contributed by atoms with van der Waals surface area (Å²) >= 11 is 0. The maximum absolute atomic E-state index is 4.19. The molecule has 212 valence electrons. The van der Waals surface area contributed by atoms with E-state index in [0.29, 0.717) is 0 Å². The third-order valence-electron chi connectivity index (χ3n) is 8.10.